The van der Waals surface area contributed by atoms with Crippen molar-refractivity contribution in [3.05, 3.63) is 88.1 Å². The first-order valence-corrected chi connectivity index (χ1v) is 10.2. The number of nitrogens with one attached hydrogen (secondary N) is 1. The van der Waals surface area contributed by atoms with Crippen molar-refractivity contribution in [2.24, 2.45) is 0 Å². The molecule has 0 aliphatic rings. The summed E-state index contributed by atoms with van der Waals surface area (Å²) < 4.78 is 1.79. The Bertz CT molecular complexity index is 1160. The van der Waals surface area contributed by atoms with Gasteiger partial charge in [0.1, 0.15) is 15.7 Å². The van der Waals surface area contributed by atoms with Crippen LogP contribution < -0.4 is 5.32 Å². The minimum Gasteiger partial charge on any atom is -0.306 e. The standard InChI is InChI=1S/C23H22N4OS/c1-15-9-10-19(16(2)13-15)23-25-17(3)21(29-23)22(28)26-20-11-12-24-27(20)14-18-7-5-4-6-8-18/h4-13H,14H2,1-3H3,(H,26,28). The Morgan fingerprint density at radius 3 is 2.62 bits per heavy atom. The number of amides is 1. The Kier molecular flexibility index (Phi) is 5.27. The lowest BCUT2D eigenvalue weighted by Gasteiger charge is -2.08. The summed E-state index contributed by atoms with van der Waals surface area (Å²) in [5, 5.41) is 8.20. The van der Waals surface area contributed by atoms with Gasteiger partial charge in [0.15, 0.2) is 0 Å². The van der Waals surface area contributed by atoms with Gasteiger partial charge in [0.25, 0.3) is 5.91 Å². The maximum atomic E-state index is 12.9. The molecule has 4 rings (SSSR count). The second-order valence-electron chi connectivity index (χ2n) is 7.07. The number of rotatable bonds is 5. The summed E-state index contributed by atoms with van der Waals surface area (Å²) in [5.41, 5.74) is 5.29. The van der Waals surface area contributed by atoms with Gasteiger partial charge in [-0.05, 0) is 31.9 Å². The number of benzene rings is 2. The van der Waals surface area contributed by atoms with Crippen molar-refractivity contribution in [1.82, 2.24) is 14.8 Å². The van der Waals surface area contributed by atoms with E-state index in [9.17, 15) is 4.79 Å². The van der Waals surface area contributed by atoms with Crippen LogP contribution in [0.1, 0.15) is 32.1 Å². The summed E-state index contributed by atoms with van der Waals surface area (Å²) in [7, 11) is 0. The lowest BCUT2D eigenvalue weighted by atomic mass is 10.1. The SMILES string of the molecule is Cc1ccc(-c2nc(C)c(C(=O)Nc3ccnn3Cc3ccccc3)s2)c(C)c1. The minimum absolute atomic E-state index is 0.161. The number of thiazole rings is 1. The second kappa shape index (κ2) is 8.01. The molecule has 5 nitrogen and oxygen atoms in total. The highest BCUT2D eigenvalue weighted by molar-refractivity contribution is 7.17. The molecule has 1 amide bonds. The Hall–Kier alpha value is -3.25. The first kappa shape index (κ1) is 19.1. The summed E-state index contributed by atoms with van der Waals surface area (Å²) in [4.78, 5) is 18.2. The lowest BCUT2D eigenvalue weighted by molar-refractivity contribution is 0.102. The summed E-state index contributed by atoms with van der Waals surface area (Å²) in [5.74, 6) is 0.505. The molecule has 0 spiro atoms. The molecule has 1 N–H and O–H groups in total. The zero-order valence-electron chi connectivity index (χ0n) is 16.6. The lowest BCUT2D eigenvalue weighted by Crippen LogP contribution is -2.16. The molecule has 0 saturated heterocycles. The number of anilines is 1. The van der Waals surface area contributed by atoms with Crippen LogP contribution in [0.5, 0.6) is 0 Å². The Morgan fingerprint density at radius 2 is 1.86 bits per heavy atom. The van der Waals surface area contributed by atoms with Gasteiger partial charge in [-0.15, -0.1) is 11.3 Å². The molecule has 0 saturated carbocycles. The predicted octanol–water partition coefficient (Wildman–Crippen LogP) is 5.23. The fourth-order valence-electron chi connectivity index (χ4n) is 3.27. The quantitative estimate of drug-likeness (QED) is 0.497. The highest BCUT2D eigenvalue weighted by Gasteiger charge is 2.18. The topological polar surface area (TPSA) is 59.8 Å². The molecule has 6 heteroatoms. The van der Waals surface area contributed by atoms with E-state index in [1.54, 1.807) is 10.9 Å². The van der Waals surface area contributed by atoms with Gasteiger partial charge in [0.05, 0.1) is 18.4 Å². The van der Waals surface area contributed by atoms with Gasteiger partial charge in [-0.2, -0.15) is 5.10 Å². The van der Waals surface area contributed by atoms with E-state index in [1.807, 2.05) is 43.3 Å². The first-order chi connectivity index (χ1) is 14.0. The number of hydrogen-bond donors (Lipinski definition) is 1. The molecule has 0 fully saturated rings. The maximum Gasteiger partial charge on any atom is 0.268 e. The monoisotopic (exact) mass is 402 g/mol. The van der Waals surface area contributed by atoms with Gasteiger partial charge in [-0.3, -0.25) is 4.79 Å². The highest BCUT2D eigenvalue weighted by Crippen LogP contribution is 2.31. The minimum atomic E-state index is -0.161. The Balaban J connectivity index is 1.56. The maximum absolute atomic E-state index is 12.9. The summed E-state index contributed by atoms with van der Waals surface area (Å²) in [6.45, 7) is 6.61. The van der Waals surface area contributed by atoms with Crippen molar-refractivity contribution in [2.75, 3.05) is 5.32 Å². The van der Waals surface area contributed by atoms with Crippen molar-refractivity contribution in [1.29, 1.82) is 0 Å². The van der Waals surface area contributed by atoms with Crippen LogP contribution in [0.3, 0.4) is 0 Å². The van der Waals surface area contributed by atoms with Crippen LogP contribution in [0.15, 0.2) is 60.8 Å². The molecule has 2 aromatic heterocycles. The van der Waals surface area contributed by atoms with Crippen molar-refractivity contribution in [3.8, 4) is 10.6 Å². The van der Waals surface area contributed by atoms with Gasteiger partial charge in [-0.25, -0.2) is 9.67 Å². The van der Waals surface area contributed by atoms with Crippen LogP contribution in [0, 0.1) is 20.8 Å². The smallest absolute Gasteiger partial charge is 0.268 e. The normalized spacial score (nSPS) is 10.9. The van der Waals surface area contributed by atoms with Crippen LogP contribution in [-0.2, 0) is 6.54 Å². The number of nitrogens with zero attached hydrogens (tertiary/aromatic N) is 3. The van der Waals surface area contributed by atoms with Crippen molar-refractivity contribution in [3.63, 3.8) is 0 Å². The third-order valence-electron chi connectivity index (χ3n) is 4.75. The van der Waals surface area contributed by atoms with Crippen molar-refractivity contribution in [2.45, 2.75) is 27.3 Å². The Labute approximate surface area is 174 Å². The van der Waals surface area contributed by atoms with Crippen LogP contribution in [-0.4, -0.2) is 20.7 Å². The molecule has 0 radical (unpaired) electrons. The van der Waals surface area contributed by atoms with E-state index in [-0.39, 0.29) is 5.91 Å². The van der Waals surface area contributed by atoms with Gasteiger partial charge >= 0.3 is 0 Å². The molecule has 2 heterocycles. The van der Waals surface area contributed by atoms with Gasteiger partial charge in [0.2, 0.25) is 0 Å². The van der Waals surface area contributed by atoms with E-state index >= 15 is 0 Å². The van der Waals surface area contributed by atoms with Crippen molar-refractivity contribution >= 4 is 23.1 Å². The van der Waals surface area contributed by atoms with E-state index < -0.39 is 0 Å². The molecule has 4 aromatic rings. The highest BCUT2D eigenvalue weighted by atomic mass is 32.1. The van der Waals surface area contributed by atoms with E-state index in [2.05, 4.69) is 47.4 Å². The van der Waals surface area contributed by atoms with Crippen molar-refractivity contribution < 1.29 is 4.79 Å². The summed E-state index contributed by atoms with van der Waals surface area (Å²) >= 11 is 1.42. The third kappa shape index (κ3) is 4.12. The molecule has 0 unspecified atom stereocenters. The van der Waals surface area contributed by atoms with Crippen LogP contribution in [0.4, 0.5) is 5.82 Å². The molecule has 2 aromatic carbocycles. The van der Waals surface area contributed by atoms with Gasteiger partial charge in [0, 0.05) is 11.6 Å². The van der Waals surface area contributed by atoms with E-state index in [0.29, 0.717) is 17.2 Å². The molecular formula is C23H22N4OS. The van der Waals surface area contributed by atoms with Crippen LogP contribution in [0.25, 0.3) is 10.6 Å². The van der Waals surface area contributed by atoms with Gasteiger partial charge in [-0.1, -0.05) is 54.1 Å². The summed E-state index contributed by atoms with van der Waals surface area (Å²) in [6, 6.07) is 18.1. The molecular weight excluding hydrogens is 380 g/mol. The Morgan fingerprint density at radius 1 is 1.07 bits per heavy atom. The zero-order chi connectivity index (χ0) is 20.4. The third-order valence-corrected chi connectivity index (χ3v) is 5.94. The number of carbonyl (C=O) groups is 1. The van der Waals surface area contributed by atoms with Crippen LogP contribution in [0.2, 0.25) is 0 Å². The molecule has 0 aliphatic heterocycles. The average molecular weight is 403 g/mol. The fourth-order valence-corrected chi connectivity index (χ4v) is 4.32. The summed E-state index contributed by atoms with van der Waals surface area (Å²) in [6.07, 6.45) is 1.69. The van der Waals surface area contributed by atoms with Crippen LogP contribution >= 0.6 is 11.3 Å². The van der Waals surface area contributed by atoms with E-state index in [0.717, 1.165) is 27.4 Å². The molecule has 146 valence electrons. The van der Waals surface area contributed by atoms with Gasteiger partial charge < -0.3 is 5.32 Å². The molecule has 0 atom stereocenters. The molecule has 0 bridgehead atoms. The van der Waals surface area contributed by atoms with E-state index in [4.69, 9.17) is 0 Å². The molecule has 29 heavy (non-hydrogen) atoms. The molecule has 0 aliphatic carbocycles. The second-order valence-corrected chi connectivity index (χ2v) is 8.06. The number of hydrogen-bond acceptors (Lipinski definition) is 4. The number of carbonyl (C=O) groups excluding carboxylic acids is 1. The predicted molar refractivity (Wildman–Crippen MR) is 117 cm³/mol. The number of aryl methyl sites for hydroxylation is 3. The first-order valence-electron chi connectivity index (χ1n) is 9.43. The largest absolute Gasteiger partial charge is 0.306 e. The average Bonchev–Trinajstić information content (AvgIpc) is 3.29. The van der Waals surface area contributed by atoms with E-state index in [1.165, 1.54) is 16.9 Å². The zero-order valence-corrected chi connectivity index (χ0v) is 17.5. The number of aromatic nitrogens is 3. The fraction of sp³-hybridized carbons (Fsp3) is 0.174.